The molecule has 1 aliphatic heterocycles. The van der Waals surface area contributed by atoms with Gasteiger partial charge in [-0.15, -0.1) is 0 Å². The Morgan fingerprint density at radius 1 is 1.21 bits per heavy atom. The second-order valence-electron chi connectivity index (χ2n) is 6.58. The van der Waals surface area contributed by atoms with Gasteiger partial charge in [-0.25, -0.2) is 13.2 Å². The van der Waals surface area contributed by atoms with Gasteiger partial charge in [0.1, 0.15) is 11.8 Å². The SMILES string of the molecule is COC(=O)c1c(N)c(C#N)cn1-c1cc(S(=O)(=O)N2CCCCC2)ccc1OC. The molecular weight excluding hydrogens is 396 g/mol. The van der Waals surface area contributed by atoms with Crippen molar-refractivity contribution in [1.82, 2.24) is 8.87 Å². The number of anilines is 1. The Bertz CT molecular complexity index is 1080. The average Bonchev–Trinajstić information content (AvgIpc) is 3.09. The maximum atomic E-state index is 13.1. The van der Waals surface area contributed by atoms with Crippen LogP contribution in [0.1, 0.15) is 35.3 Å². The van der Waals surface area contributed by atoms with Gasteiger partial charge >= 0.3 is 5.97 Å². The Balaban J connectivity index is 2.19. The highest BCUT2D eigenvalue weighted by molar-refractivity contribution is 7.89. The van der Waals surface area contributed by atoms with E-state index in [1.807, 2.05) is 6.07 Å². The van der Waals surface area contributed by atoms with E-state index in [0.717, 1.165) is 19.3 Å². The molecule has 1 aromatic heterocycles. The monoisotopic (exact) mass is 418 g/mol. The number of methoxy groups -OCH3 is 2. The third kappa shape index (κ3) is 3.66. The number of nitrogens with two attached hydrogens (primary N) is 1. The minimum atomic E-state index is -3.71. The molecule has 3 rings (SSSR count). The van der Waals surface area contributed by atoms with Gasteiger partial charge in [0.05, 0.1) is 36.1 Å². The van der Waals surface area contributed by atoms with Crippen molar-refractivity contribution in [2.75, 3.05) is 33.0 Å². The summed E-state index contributed by atoms with van der Waals surface area (Å²) < 4.78 is 39.1. The molecule has 1 fully saturated rings. The zero-order valence-corrected chi connectivity index (χ0v) is 17.0. The number of nitriles is 1. The van der Waals surface area contributed by atoms with Crippen LogP contribution in [0.4, 0.5) is 5.69 Å². The molecule has 0 amide bonds. The Hall–Kier alpha value is -3.03. The summed E-state index contributed by atoms with van der Waals surface area (Å²) >= 11 is 0. The molecule has 10 heteroatoms. The highest BCUT2D eigenvalue weighted by atomic mass is 32.2. The van der Waals surface area contributed by atoms with Crippen LogP contribution in [0.2, 0.25) is 0 Å². The first-order valence-corrected chi connectivity index (χ1v) is 10.5. The second kappa shape index (κ2) is 8.14. The molecule has 154 valence electrons. The van der Waals surface area contributed by atoms with E-state index >= 15 is 0 Å². The van der Waals surface area contributed by atoms with Crippen molar-refractivity contribution in [3.8, 4) is 17.5 Å². The first kappa shape index (κ1) is 20.7. The lowest BCUT2D eigenvalue weighted by molar-refractivity contribution is 0.0593. The van der Waals surface area contributed by atoms with Crippen molar-refractivity contribution in [1.29, 1.82) is 5.26 Å². The molecule has 2 N–H and O–H groups in total. The van der Waals surface area contributed by atoms with Crippen LogP contribution >= 0.6 is 0 Å². The number of sulfonamides is 1. The van der Waals surface area contributed by atoms with Crippen molar-refractivity contribution in [3.05, 3.63) is 35.7 Å². The van der Waals surface area contributed by atoms with Crippen molar-refractivity contribution >= 4 is 21.7 Å². The van der Waals surface area contributed by atoms with Gasteiger partial charge in [0.2, 0.25) is 10.0 Å². The molecule has 0 saturated carbocycles. The molecule has 9 nitrogen and oxygen atoms in total. The fourth-order valence-corrected chi connectivity index (χ4v) is 4.92. The Kier molecular flexibility index (Phi) is 5.81. The molecule has 1 aliphatic rings. The van der Waals surface area contributed by atoms with Crippen LogP contribution in [0.25, 0.3) is 5.69 Å². The van der Waals surface area contributed by atoms with Crippen molar-refractivity contribution in [2.45, 2.75) is 24.2 Å². The predicted octanol–water partition coefficient (Wildman–Crippen LogP) is 1.90. The largest absolute Gasteiger partial charge is 0.495 e. The molecule has 0 unspecified atom stereocenters. The lowest BCUT2D eigenvalue weighted by atomic mass is 10.2. The van der Waals surface area contributed by atoms with Crippen molar-refractivity contribution in [2.24, 2.45) is 0 Å². The molecule has 29 heavy (non-hydrogen) atoms. The van der Waals surface area contributed by atoms with E-state index in [4.69, 9.17) is 15.2 Å². The van der Waals surface area contributed by atoms with Gasteiger partial charge in [-0.05, 0) is 31.0 Å². The standard InChI is InChI=1S/C19H22N4O5S/c1-27-16-7-6-14(29(25,26)22-8-4-3-5-9-22)10-15(16)23-12-13(11-20)17(21)18(23)19(24)28-2/h6-7,10,12H,3-5,8-9,21H2,1-2H3. The Morgan fingerprint density at radius 2 is 1.90 bits per heavy atom. The third-order valence-corrected chi connectivity index (χ3v) is 6.80. The van der Waals surface area contributed by atoms with Crippen LogP contribution in [0, 0.1) is 11.3 Å². The summed E-state index contributed by atoms with van der Waals surface area (Å²) in [6.07, 6.45) is 3.99. The van der Waals surface area contributed by atoms with Crippen molar-refractivity contribution < 1.29 is 22.7 Å². The van der Waals surface area contributed by atoms with E-state index in [9.17, 15) is 18.5 Å². The highest BCUT2D eigenvalue weighted by Crippen LogP contribution is 2.33. The second-order valence-corrected chi connectivity index (χ2v) is 8.51. The normalized spacial score (nSPS) is 14.9. The summed E-state index contributed by atoms with van der Waals surface area (Å²) in [6, 6.07) is 6.30. The first-order valence-electron chi connectivity index (χ1n) is 9.03. The first-order chi connectivity index (χ1) is 13.8. The van der Waals surface area contributed by atoms with Gasteiger partial charge in [0.25, 0.3) is 0 Å². The average molecular weight is 418 g/mol. The van der Waals surface area contributed by atoms with Crippen LogP contribution < -0.4 is 10.5 Å². The van der Waals surface area contributed by atoms with Crippen LogP contribution in [0.5, 0.6) is 5.75 Å². The summed E-state index contributed by atoms with van der Waals surface area (Å²) in [7, 11) is -1.09. The third-order valence-electron chi connectivity index (χ3n) is 4.91. The fourth-order valence-electron chi connectivity index (χ4n) is 3.38. The number of ether oxygens (including phenoxy) is 2. The molecule has 1 saturated heterocycles. The number of piperidine rings is 1. The number of esters is 1. The number of carbonyl (C=O) groups excluding carboxylic acids is 1. The minimum absolute atomic E-state index is 0.0503. The predicted molar refractivity (Wildman–Crippen MR) is 105 cm³/mol. The van der Waals surface area contributed by atoms with Gasteiger partial charge in [-0.3, -0.25) is 0 Å². The molecule has 0 atom stereocenters. The van der Waals surface area contributed by atoms with E-state index < -0.39 is 16.0 Å². The van der Waals surface area contributed by atoms with Gasteiger partial charge in [-0.2, -0.15) is 9.57 Å². The quantitative estimate of drug-likeness (QED) is 0.735. The van der Waals surface area contributed by atoms with Gasteiger partial charge in [0.15, 0.2) is 5.69 Å². The number of nitrogens with zero attached hydrogens (tertiary/aromatic N) is 3. The smallest absolute Gasteiger partial charge is 0.357 e. The number of carbonyl (C=O) groups is 1. The lowest BCUT2D eigenvalue weighted by Crippen LogP contribution is -2.35. The van der Waals surface area contributed by atoms with Crippen molar-refractivity contribution in [3.63, 3.8) is 0 Å². The van der Waals surface area contributed by atoms with Gasteiger partial charge in [0, 0.05) is 19.3 Å². The zero-order chi connectivity index (χ0) is 21.2. The number of benzene rings is 1. The summed E-state index contributed by atoms with van der Waals surface area (Å²) in [5.74, 6) is -0.442. The number of nitrogen functional groups attached to an aromatic ring is 1. The van der Waals surface area contributed by atoms with Crippen LogP contribution in [-0.4, -0.2) is 50.6 Å². The maximum absolute atomic E-state index is 13.1. The summed E-state index contributed by atoms with van der Waals surface area (Å²) in [5.41, 5.74) is 6.15. The lowest BCUT2D eigenvalue weighted by Gasteiger charge is -2.26. The number of rotatable bonds is 5. The number of hydrogen-bond acceptors (Lipinski definition) is 7. The summed E-state index contributed by atoms with van der Waals surface area (Å²) in [5, 5.41) is 9.31. The maximum Gasteiger partial charge on any atom is 0.357 e. The van der Waals surface area contributed by atoms with Crippen LogP contribution in [-0.2, 0) is 14.8 Å². The number of hydrogen-bond donors (Lipinski definition) is 1. The van der Waals surface area contributed by atoms with E-state index in [0.29, 0.717) is 18.8 Å². The molecule has 0 aliphatic carbocycles. The summed E-state index contributed by atoms with van der Waals surface area (Å²) in [6.45, 7) is 0.929. The van der Waals surface area contributed by atoms with E-state index in [1.165, 1.54) is 47.5 Å². The zero-order valence-electron chi connectivity index (χ0n) is 16.2. The molecule has 0 bridgehead atoms. The van der Waals surface area contributed by atoms with Crippen LogP contribution in [0.3, 0.4) is 0 Å². The van der Waals surface area contributed by atoms with E-state index in [-0.39, 0.29) is 27.5 Å². The minimum Gasteiger partial charge on any atom is -0.495 e. The van der Waals surface area contributed by atoms with Gasteiger partial charge in [-0.1, -0.05) is 6.42 Å². The molecule has 1 aromatic carbocycles. The topological polar surface area (TPSA) is 128 Å². The molecule has 2 aromatic rings. The van der Waals surface area contributed by atoms with Crippen LogP contribution in [0.15, 0.2) is 29.3 Å². The van der Waals surface area contributed by atoms with Gasteiger partial charge < -0.3 is 19.8 Å². The summed E-state index contributed by atoms with van der Waals surface area (Å²) in [4.78, 5) is 12.4. The van der Waals surface area contributed by atoms with E-state index in [2.05, 4.69) is 0 Å². The molecule has 0 spiro atoms. The van der Waals surface area contributed by atoms with E-state index in [1.54, 1.807) is 0 Å². The highest BCUT2D eigenvalue weighted by Gasteiger charge is 2.28. The molecular formula is C19H22N4O5S. The Labute approximate surface area is 169 Å². The number of aromatic nitrogens is 1. The molecule has 2 heterocycles. The molecule has 0 radical (unpaired) electrons. The fraction of sp³-hybridized carbons (Fsp3) is 0.368. The Morgan fingerprint density at radius 3 is 2.48 bits per heavy atom.